The fourth-order valence-electron chi connectivity index (χ4n) is 2.99. The molecule has 0 atom stereocenters. The van der Waals surface area contributed by atoms with Crippen molar-refractivity contribution in [3.8, 4) is 0 Å². The fraction of sp³-hybridized carbons (Fsp3) is 0.333. The van der Waals surface area contributed by atoms with E-state index in [-0.39, 0.29) is 11.7 Å². The van der Waals surface area contributed by atoms with Gasteiger partial charge in [0.15, 0.2) is 0 Å². The van der Waals surface area contributed by atoms with E-state index >= 15 is 0 Å². The number of halogens is 1. The maximum Gasteiger partial charge on any atom is 0.219 e. The molecule has 1 aliphatic rings. The van der Waals surface area contributed by atoms with Crippen molar-refractivity contribution in [2.45, 2.75) is 27.2 Å². The molecule has 0 radical (unpaired) electrons. The normalized spacial score (nSPS) is 15.1. The lowest BCUT2D eigenvalue weighted by Gasteiger charge is -2.26. The van der Waals surface area contributed by atoms with E-state index in [1.165, 1.54) is 0 Å². The Kier molecular flexibility index (Phi) is 3.69. The van der Waals surface area contributed by atoms with E-state index < -0.39 is 0 Å². The van der Waals surface area contributed by atoms with Gasteiger partial charge in [-0.1, -0.05) is 6.08 Å². The topological polar surface area (TPSA) is 33.2 Å². The lowest BCUT2D eigenvalue weighted by molar-refractivity contribution is -0.128. The van der Waals surface area contributed by atoms with Crippen LogP contribution in [0.3, 0.4) is 0 Å². The number of hydrogen-bond donors (Lipinski definition) is 0. The van der Waals surface area contributed by atoms with Crippen molar-refractivity contribution < 1.29 is 9.18 Å². The number of rotatable bonds is 1. The summed E-state index contributed by atoms with van der Waals surface area (Å²) in [5.74, 6) is -0.118. The molecule has 0 aliphatic carbocycles. The Labute approximate surface area is 129 Å². The molecule has 3 nitrogen and oxygen atoms in total. The van der Waals surface area contributed by atoms with Crippen molar-refractivity contribution in [3.63, 3.8) is 0 Å². The second kappa shape index (κ2) is 5.52. The van der Waals surface area contributed by atoms with Crippen LogP contribution in [0.25, 0.3) is 16.3 Å². The first-order valence-corrected chi connectivity index (χ1v) is 7.47. The zero-order valence-electron chi connectivity index (χ0n) is 13.1. The third-order valence-electron chi connectivity index (χ3n) is 4.34. The number of aromatic nitrogens is 1. The SMILES string of the molecule is CC(=O)N1CC=C(c2cc3cc(C)ncc3c(C)c2F)CC1. The third kappa shape index (κ3) is 2.49. The zero-order chi connectivity index (χ0) is 15.9. The summed E-state index contributed by atoms with van der Waals surface area (Å²) in [4.78, 5) is 17.4. The summed E-state index contributed by atoms with van der Waals surface area (Å²) < 4.78 is 14.7. The number of carbonyl (C=O) groups is 1. The highest BCUT2D eigenvalue weighted by atomic mass is 19.1. The second-order valence-corrected chi connectivity index (χ2v) is 5.85. The highest BCUT2D eigenvalue weighted by molar-refractivity contribution is 5.89. The molecule has 0 unspecified atom stereocenters. The number of benzene rings is 1. The number of hydrogen-bond acceptors (Lipinski definition) is 2. The van der Waals surface area contributed by atoms with Gasteiger partial charge in [-0.3, -0.25) is 9.78 Å². The van der Waals surface area contributed by atoms with Gasteiger partial charge in [-0.2, -0.15) is 0 Å². The summed E-state index contributed by atoms with van der Waals surface area (Å²) in [5.41, 5.74) is 3.19. The van der Waals surface area contributed by atoms with Gasteiger partial charge in [-0.05, 0) is 48.9 Å². The van der Waals surface area contributed by atoms with E-state index in [0.29, 0.717) is 30.6 Å². The van der Waals surface area contributed by atoms with E-state index in [0.717, 1.165) is 22.0 Å². The van der Waals surface area contributed by atoms with Gasteiger partial charge in [0, 0.05) is 42.9 Å². The Morgan fingerprint density at radius 2 is 2.09 bits per heavy atom. The van der Waals surface area contributed by atoms with E-state index in [2.05, 4.69) is 4.98 Å². The van der Waals surface area contributed by atoms with Crippen LogP contribution in [-0.4, -0.2) is 28.9 Å². The average Bonchev–Trinajstić information content (AvgIpc) is 2.51. The van der Waals surface area contributed by atoms with E-state index in [4.69, 9.17) is 0 Å². The number of fused-ring (bicyclic) bond motifs is 1. The first kappa shape index (κ1) is 14.7. The van der Waals surface area contributed by atoms with Crippen LogP contribution in [-0.2, 0) is 4.79 Å². The number of aryl methyl sites for hydroxylation is 2. The molecule has 2 aromatic rings. The predicted octanol–water partition coefficient (Wildman–Crippen LogP) is 3.63. The molecule has 1 aromatic heterocycles. The van der Waals surface area contributed by atoms with Gasteiger partial charge in [0.1, 0.15) is 5.82 Å². The molecule has 1 aliphatic heterocycles. The number of carbonyl (C=O) groups excluding carboxylic acids is 1. The molecule has 0 saturated heterocycles. The van der Waals surface area contributed by atoms with Gasteiger partial charge < -0.3 is 4.90 Å². The molecule has 1 amide bonds. The predicted molar refractivity (Wildman–Crippen MR) is 86.0 cm³/mol. The number of nitrogens with zero attached hydrogens (tertiary/aromatic N) is 2. The molecular formula is C18H19FN2O. The quantitative estimate of drug-likeness (QED) is 0.805. The van der Waals surface area contributed by atoms with Crippen molar-refractivity contribution in [1.82, 2.24) is 9.88 Å². The van der Waals surface area contributed by atoms with Crippen LogP contribution in [0.1, 0.15) is 30.2 Å². The number of amides is 1. The van der Waals surface area contributed by atoms with Crippen LogP contribution in [0, 0.1) is 19.7 Å². The summed E-state index contributed by atoms with van der Waals surface area (Å²) in [5, 5.41) is 1.87. The zero-order valence-corrected chi connectivity index (χ0v) is 13.1. The molecule has 0 bridgehead atoms. The smallest absolute Gasteiger partial charge is 0.219 e. The van der Waals surface area contributed by atoms with Crippen LogP contribution >= 0.6 is 0 Å². The fourth-order valence-corrected chi connectivity index (χ4v) is 2.99. The van der Waals surface area contributed by atoms with Crippen LogP contribution in [0.2, 0.25) is 0 Å². The summed E-state index contributed by atoms with van der Waals surface area (Å²) in [7, 11) is 0. The van der Waals surface area contributed by atoms with Gasteiger partial charge in [-0.15, -0.1) is 0 Å². The summed E-state index contributed by atoms with van der Waals surface area (Å²) in [6, 6.07) is 3.89. The minimum atomic E-state index is -0.180. The minimum absolute atomic E-state index is 0.0622. The van der Waals surface area contributed by atoms with Crippen molar-refractivity contribution >= 4 is 22.3 Å². The lowest BCUT2D eigenvalue weighted by Crippen LogP contribution is -2.32. The van der Waals surface area contributed by atoms with Crippen molar-refractivity contribution in [3.05, 3.63) is 47.0 Å². The largest absolute Gasteiger partial charge is 0.339 e. The Morgan fingerprint density at radius 3 is 2.73 bits per heavy atom. The molecule has 1 aromatic carbocycles. The standard InChI is InChI=1S/C18H19FN2O/c1-11-8-15-9-16(18(19)12(2)17(15)10-20-11)14-4-6-21(7-5-14)13(3)22/h4,8-10H,5-7H2,1-3H3. The van der Waals surface area contributed by atoms with Crippen molar-refractivity contribution in [1.29, 1.82) is 0 Å². The first-order valence-electron chi connectivity index (χ1n) is 7.47. The Bertz CT molecular complexity index is 795. The molecule has 22 heavy (non-hydrogen) atoms. The van der Waals surface area contributed by atoms with Crippen molar-refractivity contribution in [2.24, 2.45) is 0 Å². The maximum atomic E-state index is 14.7. The van der Waals surface area contributed by atoms with Crippen LogP contribution in [0.4, 0.5) is 4.39 Å². The van der Waals surface area contributed by atoms with Crippen LogP contribution < -0.4 is 0 Å². The van der Waals surface area contributed by atoms with Crippen LogP contribution in [0.5, 0.6) is 0 Å². The van der Waals surface area contributed by atoms with Crippen LogP contribution in [0.15, 0.2) is 24.4 Å². The highest BCUT2D eigenvalue weighted by Gasteiger charge is 2.19. The number of pyridine rings is 1. The average molecular weight is 298 g/mol. The first-order chi connectivity index (χ1) is 10.5. The lowest BCUT2D eigenvalue weighted by atomic mass is 9.94. The Hall–Kier alpha value is -2.23. The van der Waals surface area contributed by atoms with Gasteiger partial charge in [0.05, 0.1) is 0 Å². The molecule has 0 saturated carbocycles. The molecule has 0 N–H and O–H groups in total. The minimum Gasteiger partial charge on any atom is -0.339 e. The molecule has 3 rings (SSSR count). The van der Waals surface area contributed by atoms with Gasteiger partial charge in [0.2, 0.25) is 5.91 Å². The van der Waals surface area contributed by atoms with E-state index in [1.807, 2.05) is 25.1 Å². The maximum absolute atomic E-state index is 14.7. The highest BCUT2D eigenvalue weighted by Crippen LogP contribution is 2.31. The summed E-state index contributed by atoms with van der Waals surface area (Å²) in [6.07, 6.45) is 4.38. The second-order valence-electron chi connectivity index (χ2n) is 5.85. The summed E-state index contributed by atoms with van der Waals surface area (Å²) >= 11 is 0. The van der Waals surface area contributed by atoms with Crippen molar-refractivity contribution in [2.75, 3.05) is 13.1 Å². The molecule has 0 spiro atoms. The third-order valence-corrected chi connectivity index (χ3v) is 4.34. The monoisotopic (exact) mass is 298 g/mol. The molecule has 114 valence electrons. The molecular weight excluding hydrogens is 279 g/mol. The van der Waals surface area contributed by atoms with Gasteiger partial charge >= 0.3 is 0 Å². The Morgan fingerprint density at radius 1 is 1.32 bits per heavy atom. The molecule has 0 fully saturated rings. The van der Waals surface area contributed by atoms with E-state index in [1.54, 1.807) is 24.9 Å². The Balaban J connectivity index is 2.08. The molecule has 2 heterocycles. The van der Waals surface area contributed by atoms with E-state index in [9.17, 15) is 9.18 Å². The van der Waals surface area contributed by atoms with Gasteiger partial charge in [0.25, 0.3) is 0 Å². The van der Waals surface area contributed by atoms with Gasteiger partial charge in [-0.25, -0.2) is 4.39 Å². The summed E-state index contributed by atoms with van der Waals surface area (Å²) in [6.45, 7) is 6.49. The molecule has 4 heteroatoms.